The Morgan fingerprint density at radius 3 is 2.40 bits per heavy atom. The zero-order valence-corrected chi connectivity index (χ0v) is 10.3. The molecule has 1 atom stereocenters. The van der Waals surface area contributed by atoms with Gasteiger partial charge in [0.05, 0.1) is 12.5 Å². The average Bonchev–Trinajstić information content (AvgIpc) is 2.18. The summed E-state index contributed by atoms with van der Waals surface area (Å²) in [5.41, 5.74) is 5.53. The molecule has 0 aliphatic rings. The number of ether oxygens (including phenoxy) is 1. The van der Waals surface area contributed by atoms with E-state index in [9.17, 15) is 4.79 Å². The van der Waals surface area contributed by atoms with Gasteiger partial charge in [-0.2, -0.15) is 0 Å². The summed E-state index contributed by atoms with van der Waals surface area (Å²) in [6, 6.07) is 0. The highest BCUT2D eigenvalue weighted by atomic mass is 16.5. The molecule has 90 valence electrons. The summed E-state index contributed by atoms with van der Waals surface area (Å²) >= 11 is 0. The van der Waals surface area contributed by atoms with Crippen molar-refractivity contribution in [3.63, 3.8) is 0 Å². The smallest absolute Gasteiger partial charge is 0.310 e. The third-order valence-corrected chi connectivity index (χ3v) is 2.60. The molecular weight excluding hydrogens is 190 g/mol. The predicted octanol–water partition coefficient (Wildman–Crippen LogP) is 2.34. The van der Waals surface area contributed by atoms with Gasteiger partial charge in [-0.15, -0.1) is 0 Å². The van der Waals surface area contributed by atoms with Crippen molar-refractivity contribution < 1.29 is 9.53 Å². The summed E-state index contributed by atoms with van der Waals surface area (Å²) in [6.07, 6.45) is 4.52. The molecular formula is C12H25NO2. The lowest BCUT2D eigenvalue weighted by atomic mass is 9.96. The van der Waals surface area contributed by atoms with Crippen molar-refractivity contribution in [3.8, 4) is 0 Å². The third kappa shape index (κ3) is 6.50. The van der Waals surface area contributed by atoms with E-state index in [-0.39, 0.29) is 17.8 Å². The maximum atomic E-state index is 11.5. The van der Waals surface area contributed by atoms with Crippen molar-refractivity contribution in [1.82, 2.24) is 0 Å². The first-order valence-electron chi connectivity index (χ1n) is 6.00. The normalized spacial score (nSPS) is 12.9. The van der Waals surface area contributed by atoms with Crippen LogP contribution in [0, 0.1) is 11.8 Å². The van der Waals surface area contributed by atoms with Crippen molar-refractivity contribution >= 4 is 5.97 Å². The molecule has 0 aromatic rings. The van der Waals surface area contributed by atoms with Gasteiger partial charge in [-0.25, -0.2) is 0 Å². The van der Waals surface area contributed by atoms with Gasteiger partial charge in [-0.3, -0.25) is 4.79 Å². The monoisotopic (exact) mass is 215 g/mol. The predicted molar refractivity (Wildman–Crippen MR) is 62.5 cm³/mol. The molecule has 0 aliphatic carbocycles. The van der Waals surface area contributed by atoms with Gasteiger partial charge in [0.2, 0.25) is 0 Å². The summed E-state index contributed by atoms with van der Waals surface area (Å²) in [5.74, 6) is -0.0154. The molecule has 1 unspecified atom stereocenters. The maximum Gasteiger partial charge on any atom is 0.310 e. The number of esters is 1. The Labute approximate surface area is 93.4 Å². The molecule has 0 saturated carbocycles. The highest BCUT2D eigenvalue weighted by Gasteiger charge is 2.21. The number of unbranched alkanes of at least 4 members (excludes halogenated alkanes) is 3. The van der Waals surface area contributed by atoms with Crippen LogP contribution in [0.4, 0.5) is 0 Å². The van der Waals surface area contributed by atoms with E-state index in [1.165, 1.54) is 12.8 Å². The lowest BCUT2D eigenvalue weighted by molar-refractivity contribution is -0.149. The van der Waals surface area contributed by atoms with Crippen LogP contribution >= 0.6 is 0 Å². The number of hydrogen-bond donors (Lipinski definition) is 1. The molecule has 0 rings (SSSR count). The minimum atomic E-state index is -0.142. The Morgan fingerprint density at radius 2 is 1.93 bits per heavy atom. The molecule has 0 amide bonds. The van der Waals surface area contributed by atoms with Gasteiger partial charge in [0, 0.05) is 6.54 Å². The largest absolute Gasteiger partial charge is 0.465 e. The summed E-state index contributed by atoms with van der Waals surface area (Å²) in [7, 11) is 0. The number of carbonyl (C=O) groups is 1. The maximum absolute atomic E-state index is 11.5. The molecule has 0 radical (unpaired) electrons. The molecule has 0 aliphatic heterocycles. The van der Waals surface area contributed by atoms with Gasteiger partial charge < -0.3 is 10.5 Å². The number of rotatable bonds is 8. The number of nitrogens with two attached hydrogens (primary N) is 1. The molecule has 2 N–H and O–H groups in total. The van der Waals surface area contributed by atoms with Crippen LogP contribution in [0.15, 0.2) is 0 Å². The second kappa shape index (κ2) is 8.72. The van der Waals surface area contributed by atoms with Crippen LogP contribution < -0.4 is 5.73 Å². The van der Waals surface area contributed by atoms with E-state index in [0.717, 1.165) is 12.8 Å². The lowest BCUT2D eigenvalue weighted by Gasteiger charge is -2.17. The SMILES string of the molecule is CCCCCCOC(=O)C(CN)C(C)C. The van der Waals surface area contributed by atoms with Gasteiger partial charge in [0.25, 0.3) is 0 Å². The van der Waals surface area contributed by atoms with E-state index in [1.807, 2.05) is 13.8 Å². The van der Waals surface area contributed by atoms with Gasteiger partial charge in [-0.05, 0) is 12.3 Å². The third-order valence-electron chi connectivity index (χ3n) is 2.60. The Bertz CT molecular complexity index is 169. The zero-order chi connectivity index (χ0) is 11.7. The Kier molecular flexibility index (Phi) is 8.38. The van der Waals surface area contributed by atoms with Crippen LogP contribution in [0.5, 0.6) is 0 Å². The van der Waals surface area contributed by atoms with Crippen LogP contribution in [0.1, 0.15) is 46.5 Å². The molecule has 0 aromatic carbocycles. The van der Waals surface area contributed by atoms with Crippen molar-refractivity contribution in [2.24, 2.45) is 17.6 Å². The molecule has 3 nitrogen and oxygen atoms in total. The topological polar surface area (TPSA) is 52.3 Å². The second-order valence-corrected chi connectivity index (χ2v) is 4.31. The molecule has 0 aromatic heterocycles. The van der Waals surface area contributed by atoms with E-state index >= 15 is 0 Å². The molecule has 0 spiro atoms. The fourth-order valence-corrected chi connectivity index (χ4v) is 1.45. The molecule has 0 fully saturated rings. The first kappa shape index (κ1) is 14.4. The Morgan fingerprint density at radius 1 is 1.27 bits per heavy atom. The second-order valence-electron chi connectivity index (χ2n) is 4.31. The fraction of sp³-hybridized carbons (Fsp3) is 0.917. The first-order valence-corrected chi connectivity index (χ1v) is 6.00. The van der Waals surface area contributed by atoms with Crippen molar-refractivity contribution in [2.45, 2.75) is 46.5 Å². The molecule has 3 heteroatoms. The van der Waals surface area contributed by atoms with E-state index < -0.39 is 0 Å². The number of hydrogen-bond acceptors (Lipinski definition) is 3. The summed E-state index contributed by atoms with van der Waals surface area (Å²) in [6.45, 7) is 7.08. The fourth-order valence-electron chi connectivity index (χ4n) is 1.45. The molecule has 0 bridgehead atoms. The van der Waals surface area contributed by atoms with E-state index in [1.54, 1.807) is 0 Å². The quantitative estimate of drug-likeness (QED) is 0.499. The van der Waals surface area contributed by atoms with Crippen molar-refractivity contribution in [3.05, 3.63) is 0 Å². The Balaban J connectivity index is 3.63. The highest BCUT2D eigenvalue weighted by Crippen LogP contribution is 2.11. The minimum absolute atomic E-state index is 0.135. The van der Waals surface area contributed by atoms with E-state index in [0.29, 0.717) is 13.2 Å². The Hall–Kier alpha value is -0.570. The number of carbonyl (C=O) groups excluding carboxylic acids is 1. The van der Waals surface area contributed by atoms with Crippen molar-refractivity contribution in [1.29, 1.82) is 0 Å². The van der Waals surface area contributed by atoms with Gasteiger partial charge in [-0.1, -0.05) is 40.0 Å². The zero-order valence-electron chi connectivity index (χ0n) is 10.3. The lowest BCUT2D eigenvalue weighted by Crippen LogP contribution is -2.30. The molecule has 15 heavy (non-hydrogen) atoms. The minimum Gasteiger partial charge on any atom is -0.465 e. The summed E-state index contributed by atoms with van der Waals surface area (Å²) < 4.78 is 5.18. The standard InChI is InChI=1S/C12H25NO2/c1-4-5-6-7-8-15-12(14)11(9-13)10(2)3/h10-11H,4-9,13H2,1-3H3. The van der Waals surface area contributed by atoms with Crippen LogP contribution in [0.25, 0.3) is 0 Å². The van der Waals surface area contributed by atoms with Crippen LogP contribution in [0.2, 0.25) is 0 Å². The van der Waals surface area contributed by atoms with Gasteiger partial charge >= 0.3 is 5.97 Å². The highest BCUT2D eigenvalue weighted by molar-refractivity contribution is 5.72. The first-order chi connectivity index (χ1) is 7.13. The molecule has 0 saturated heterocycles. The summed E-state index contributed by atoms with van der Waals surface area (Å²) in [5, 5.41) is 0. The average molecular weight is 215 g/mol. The van der Waals surface area contributed by atoms with E-state index in [2.05, 4.69) is 6.92 Å². The van der Waals surface area contributed by atoms with Crippen LogP contribution in [-0.2, 0) is 9.53 Å². The van der Waals surface area contributed by atoms with Crippen LogP contribution in [0.3, 0.4) is 0 Å². The van der Waals surface area contributed by atoms with Gasteiger partial charge in [0.1, 0.15) is 0 Å². The van der Waals surface area contributed by atoms with Crippen LogP contribution in [-0.4, -0.2) is 19.1 Å². The summed E-state index contributed by atoms with van der Waals surface area (Å²) in [4.78, 5) is 11.5. The molecule has 0 heterocycles. The van der Waals surface area contributed by atoms with Gasteiger partial charge in [0.15, 0.2) is 0 Å². The van der Waals surface area contributed by atoms with Crippen molar-refractivity contribution in [2.75, 3.05) is 13.2 Å². The van der Waals surface area contributed by atoms with E-state index in [4.69, 9.17) is 10.5 Å².